The van der Waals surface area contributed by atoms with Gasteiger partial charge in [-0.25, -0.2) is 4.98 Å². The zero-order valence-corrected chi connectivity index (χ0v) is 10.6. The monoisotopic (exact) mass is 246 g/mol. The Labute approximate surface area is 106 Å². The van der Waals surface area contributed by atoms with E-state index in [9.17, 15) is 0 Å². The van der Waals surface area contributed by atoms with Gasteiger partial charge in [0.25, 0.3) is 0 Å². The molecule has 1 aliphatic heterocycles. The van der Waals surface area contributed by atoms with Crippen molar-refractivity contribution in [2.75, 3.05) is 13.1 Å². The van der Waals surface area contributed by atoms with E-state index in [1.165, 1.54) is 10.9 Å². The maximum Gasteiger partial charge on any atom is 0.132 e. The van der Waals surface area contributed by atoms with Crippen molar-refractivity contribution in [2.24, 2.45) is 5.92 Å². The predicted molar refractivity (Wildman–Crippen MR) is 71.6 cm³/mol. The first-order valence-electron chi connectivity index (χ1n) is 5.99. The van der Waals surface area contributed by atoms with Gasteiger partial charge in [-0.2, -0.15) is 0 Å². The number of nitrogens with zero attached hydrogens (tertiary/aromatic N) is 1. The number of halogens is 1. The molecule has 0 radical (unpaired) electrons. The number of benzene rings is 1. The highest BCUT2D eigenvalue weighted by Crippen LogP contribution is 2.22. The first-order chi connectivity index (χ1) is 8.22. The molecule has 0 bridgehead atoms. The van der Waals surface area contributed by atoms with E-state index >= 15 is 0 Å². The summed E-state index contributed by atoms with van der Waals surface area (Å²) in [5.41, 5.74) is 3.42. The molecule has 0 spiro atoms. The smallest absolute Gasteiger partial charge is 0.132 e. The summed E-state index contributed by atoms with van der Waals surface area (Å²) in [5.74, 6) is 0.800. The van der Waals surface area contributed by atoms with E-state index in [0.29, 0.717) is 5.15 Å². The number of aromatic nitrogens is 1. The minimum Gasteiger partial charge on any atom is -0.316 e. The van der Waals surface area contributed by atoms with Gasteiger partial charge in [0.2, 0.25) is 0 Å². The molecule has 88 valence electrons. The molecule has 1 fully saturated rings. The van der Waals surface area contributed by atoms with Crippen LogP contribution in [0.3, 0.4) is 0 Å². The molecule has 1 saturated heterocycles. The number of rotatable bonds is 2. The summed E-state index contributed by atoms with van der Waals surface area (Å²) in [6, 6.07) is 8.60. The van der Waals surface area contributed by atoms with Gasteiger partial charge in [0.05, 0.1) is 5.52 Å². The fourth-order valence-corrected chi connectivity index (χ4v) is 2.41. The highest BCUT2D eigenvalue weighted by molar-refractivity contribution is 6.30. The second-order valence-corrected chi connectivity index (χ2v) is 5.21. The zero-order valence-electron chi connectivity index (χ0n) is 9.83. The van der Waals surface area contributed by atoms with Crippen LogP contribution in [-0.4, -0.2) is 18.1 Å². The number of hydrogen-bond donors (Lipinski definition) is 1. The Kier molecular flexibility index (Phi) is 2.77. The summed E-state index contributed by atoms with van der Waals surface area (Å²) in [4.78, 5) is 4.38. The number of hydrogen-bond acceptors (Lipinski definition) is 2. The molecule has 1 aromatic carbocycles. The molecule has 17 heavy (non-hydrogen) atoms. The van der Waals surface area contributed by atoms with Gasteiger partial charge in [-0.05, 0) is 61.7 Å². The Balaban J connectivity index is 1.96. The molecule has 0 atom stereocenters. The van der Waals surface area contributed by atoms with Crippen LogP contribution in [0.5, 0.6) is 0 Å². The van der Waals surface area contributed by atoms with Crippen molar-refractivity contribution in [1.29, 1.82) is 0 Å². The van der Waals surface area contributed by atoms with Crippen molar-refractivity contribution in [3.05, 3.63) is 40.5 Å². The molecule has 1 N–H and O–H groups in total. The highest BCUT2D eigenvalue weighted by atomic mass is 35.5. The standard InChI is InChI=1S/C14H15ClN2/c1-9-4-12-6-10(5-11-7-16-8-11)2-3-13(12)17-14(9)15/h2-4,6,11,16H,5,7-8H2,1H3. The van der Waals surface area contributed by atoms with E-state index in [2.05, 4.69) is 34.6 Å². The molecule has 0 aliphatic carbocycles. The molecular formula is C14H15ClN2. The molecule has 3 rings (SSSR count). The second kappa shape index (κ2) is 4.28. The Hall–Kier alpha value is -1.12. The van der Waals surface area contributed by atoms with Gasteiger partial charge >= 0.3 is 0 Å². The summed E-state index contributed by atoms with van der Waals surface area (Å²) < 4.78 is 0. The van der Waals surface area contributed by atoms with Crippen LogP contribution >= 0.6 is 11.6 Å². The molecule has 0 unspecified atom stereocenters. The van der Waals surface area contributed by atoms with Gasteiger partial charge in [-0.3, -0.25) is 0 Å². The lowest BCUT2D eigenvalue weighted by Crippen LogP contribution is -2.43. The number of nitrogens with one attached hydrogen (secondary N) is 1. The summed E-state index contributed by atoms with van der Waals surface area (Å²) in [7, 11) is 0. The molecule has 1 aliphatic rings. The lowest BCUT2D eigenvalue weighted by molar-refractivity contribution is 0.346. The van der Waals surface area contributed by atoms with Crippen LogP contribution in [0.1, 0.15) is 11.1 Å². The number of aryl methyl sites for hydroxylation is 1. The van der Waals surface area contributed by atoms with E-state index in [4.69, 9.17) is 11.6 Å². The normalized spacial score (nSPS) is 16.1. The van der Waals surface area contributed by atoms with Gasteiger partial charge < -0.3 is 5.32 Å². The van der Waals surface area contributed by atoms with Crippen LogP contribution in [0.4, 0.5) is 0 Å². The van der Waals surface area contributed by atoms with E-state index in [-0.39, 0.29) is 0 Å². The molecule has 3 heteroatoms. The number of fused-ring (bicyclic) bond motifs is 1. The van der Waals surface area contributed by atoms with Crippen LogP contribution in [0.2, 0.25) is 5.15 Å². The lowest BCUT2D eigenvalue weighted by atomic mass is 9.93. The van der Waals surface area contributed by atoms with Gasteiger partial charge in [0.15, 0.2) is 0 Å². The molecule has 0 amide bonds. The average molecular weight is 247 g/mol. The number of pyridine rings is 1. The summed E-state index contributed by atoms with van der Waals surface area (Å²) in [6.45, 7) is 4.29. The predicted octanol–water partition coefficient (Wildman–Crippen LogP) is 2.96. The van der Waals surface area contributed by atoms with E-state index in [1.807, 2.05) is 6.92 Å². The van der Waals surface area contributed by atoms with Gasteiger partial charge in [0.1, 0.15) is 5.15 Å². The van der Waals surface area contributed by atoms with Crippen molar-refractivity contribution in [3.63, 3.8) is 0 Å². The van der Waals surface area contributed by atoms with Crippen LogP contribution in [0.25, 0.3) is 10.9 Å². The summed E-state index contributed by atoms with van der Waals surface area (Å²) >= 11 is 6.02. The highest BCUT2D eigenvalue weighted by Gasteiger charge is 2.16. The maximum atomic E-state index is 6.02. The van der Waals surface area contributed by atoms with Crippen LogP contribution < -0.4 is 5.32 Å². The quantitative estimate of drug-likeness (QED) is 0.825. The Morgan fingerprint density at radius 2 is 2.18 bits per heavy atom. The minimum atomic E-state index is 0.605. The van der Waals surface area contributed by atoms with Gasteiger partial charge in [-0.15, -0.1) is 0 Å². The molecule has 2 nitrogen and oxygen atoms in total. The zero-order chi connectivity index (χ0) is 11.8. The van der Waals surface area contributed by atoms with Gasteiger partial charge in [-0.1, -0.05) is 17.7 Å². The molecular weight excluding hydrogens is 232 g/mol. The van der Waals surface area contributed by atoms with Crippen molar-refractivity contribution < 1.29 is 0 Å². The largest absolute Gasteiger partial charge is 0.316 e. The second-order valence-electron chi connectivity index (χ2n) is 4.85. The van der Waals surface area contributed by atoms with Crippen molar-refractivity contribution >= 4 is 22.5 Å². The molecule has 2 heterocycles. The van der Waals surface area contributed by atoms with Crippen LogP contribution in [-0.2, 0) is 6.42 Å². The van der Waals surface area contributed by atoms with E-state index in [1.54, 1.807) is 0 Å². The average Bonchev–Trinajstić information content (AvgIpc) is 2.25. The fraction of sp³-hybridized carbons (Fsp3) is 0.357. The molecule has 0 saturated carbocycles. The van der Waals surface area contributed by atoms with Crippen molar-refractivity contribution in [2.45, 2.75) is 13.3 Å². The first kappa shape index (κ1) is 11.0. The SMILES string of the molecule is Cc1cc2cc(CC3CNC3)ccc2nc1Cl. The Morgan fingerprint density at radius 3 is 2.88 bits per heavy atom. The molecule has 1 aromatic heterocycles. The summed E-state index contributed by atoms with van der Waals surface area (Å²) in [6.07, 6.45) is 1.16. The van der Waals surface area contributed by atoms with Crippen LogP contribution in [0.15, 0.2) is 24.3 Å². The first-order valence-corrected chi connectivity index (χ1v) is 6.36. The lowest BCUT2D eigenvalue weighted by Gasteiger charge is -2.27. The summed E-state index contributed by atoms with van der Waals surface area (Å²) in [5, 5.41) is 5.10. The Bertz CT molecular complexity index is 561. The van der Waals surface area contributed by atoms with Gasteiger partial charge in [0, 0.05) is 5.39 Å². The third-order valence-corrected chi connectivity index (χ3v) is 3.78. The topological polar surface area (TPSA) is 24.9 Å². The third kappa shape index (κ3) is 2.15. The fourth-order valence-electron chi connectivity index (χ4n) is 2.26. The molecule has 2 aromatic rings. The van der Waals surface area contributed by atoms with Crippen molar-refractivity contribution in [1.82, 2.24) is 10.3 Å². The van der Waals surface area contributed by atoms with Crippen LogP contribution in [0, 0.1) is 12.8 Å². The maximum absolute atomic E-state index is 6.02. The minimum absolute atomic E-state index is 0.605. The van der Waals surface area contributed by atoms with E-state index in [0.717, 1.165) is 36.5 Å². The third-order valence-electron chi connectivity index (χ3n) is 3.40. The van der Waals surface area contributed by atoms with Crippen molar-refractivity contribution in [3.8, 4) is 0 Å². The Morgan fingerprint density at radius 1 is 1.35 bits per heavy atom. The van der Waals surface area contributed by atoms with E-state index < -0.39 is 0 Å².